The number of nitrogens with one attached hydrogen (secondary N) is 1. The molecule has 4 heteroatoms. The molecule has 0 amide bonds. The zero-order valence-electron chi connectivity index (χ0n) is 12.2. The predicted molar refractivity (Wildman–Crippen MR) is 76.5 cm³/mol. The van der Waals surface area contributed by atoms with Gasteiger partial charge in [0, 0.05) is 12.6 Å². The van der Waals surface area contributed by atoms with E-state index in [1.807, 2.05) is 38.1 Å². The maximum atomic E-state index is 9.77. The molecule has 1 aromatic carbocycles. The fraction of sp³-hybridized carbons (Fsp3) is 0.600. The second kappa shape index (κ2) is 8.15. The molecule has 2 N–H and O–H groups in total. The van der Waals surface area contributed by atoms with Crippen molar-refractivity contribution in [1.29, 1.82) is 0 Å². The zero-order chi connectivity index (χ0) is 14.3. The first-order valence-electron chi connectivity index (χ1n) is 6.70. The van der Waals surface area contributed by atoms with E-state index in [0.29, 0.717) is 13.2 Å². The lowest BCUT2D eigenvalue weighted by molar-refractivity contribution is 0.00560. The van der Waals surface area contributed by atoms with Crippen molar-refractivity contribution < 1.29 is 14.6 Å². The Labute approximate surface area is 115 Å². The highest BCUT2D eigenvalue weighted by Crippen LogP contribution is 2.17. The fourth-order valence-electron chi connectivity index (χ4n) is 1.69. The summed E-state index contributed by atoms with van der Waals surface area (Å²) in [6.07, 6.45) is -0.336. The molecular formula is C15H25NO3. The Morgan fingerprint density at radius 2 is 1.79 bits per heavy atom. The molecule has 0 heterocycles. The molecule has 0 bridgehead atoms. The molecule has 0 aliphatic heterocycles. The molecule has 4 nitrogen and oxygen atoms in total. The normalized spacial score (nSPS) is 14.4. The van der Waals surface area contributed by atoms with Gasteiger partial charge in [0.25, 0.3) is 0 Å². The lowest BCUT2D eigenvalue weighted by Gasteiger charge is -2.18. The Hall–Kier alpha value is -1.10. The Balaban J connectivity index is 2.35. The van der Waals surface area contributed by atoms with E-state index in [1.165, 1.54) is 0 Å². The fourth-order valence-corrected chi connectivity index (χ4v) is 1.69. The monoisotopic (exact) mass is 267 g/mol. The van der Waals surface area contributed by atoms with Crippen molar-refractivity contribution in [2.75, 3.05) is 20.3 Å². The molecule has 0 aromatic heterocycles. The number of aliphatic hydroxyl groups excluding tert-OH is 1. The molecule has 0 aliphatic rings. The standard InChI is InChI=1S/C15H25NO3/c1-11(2)19-10-14(17)9-16-12(3)13-5-7-15(18-4)8-6-13/h5-8,11-12,14,16-17H,9-10H2,1-4H3. The largest absolute Gasteiger partial charge is 0.497 e. The van der Waals surface area contributed by atoms with Gasteiger partial charge in [0.15, 0.2) is 0 Å². The average Bonchev–Trinajstić information content (AvgIpc) is 2.42. The van der Waals surface area contributed by atoms with Gasteiger partial charge in [0.05, 0.1) is 25.9 Å². The highest BCUT2D eigenvalue weighted by molar-refractivity contribution is 5.28. The maximum Gasteiger partial charge on any atom is 0.118 e. The zero-order valence-corrected chi connectivity index (χ0v) is 12.2. The highest BCUT2D eigenvalue weighted by atomic mass is 16.5. The van der Waals surface area contributed by atoms with Crippen LogP contribution in [-0.4, -0.2) is 37.6 Å². The lowest BCUT2D eigenvalue weighted by atomic mass is 10.1. The summed E-state index contributed by atoms with van der Waals surface area (Å²) >= 11 is 0. The van der Waals surface area contributed by atoms with E-state index < -0.39 is 6.10 Å². The molecule has 0 aliphatic carbocycles. The Bertz CT molecular complexity index is 351. The van der Waals surface area contributed by atoms with Gasteiger partial charge < -0.3 is 19.9 Å². The molecule has 2 atom stereocenters. The smallest absolute Gasteiger partial charge is 0.118 e. The number of rotatable bonds is 8. The number of ether oxygens (including phenoxy) is 2. The van der Waals surface area contributed by atoms with Crippen LogP contribution in [0.1, 0.15) is 32.4 Å². The number of benzene rings is 1. The molecule has 0 radical (unpaired) electrons. The molecule has 19 heavy (non-hydrogen) atoms. The van der Waals surface area contributed by atoms with E-state index in [-0.39, 0.29) is 12.1 Å². The van der Waals surface area contributed by atoms with E-state index in [4.69, 9.17) is 9.47 Å². The van der Waals surface area contributed by atoms with Gasteiger partial charge in [0.2, 0.25) is 0 Å². The molecule has 1 aromatic rings. The van der Waals surface area contributed by atoms with Crippen LogP contribution in [0.2, 0.25) is 0 Å². The van der Waals surface area contributed by atoms with E-state index in [0.717, 1.165) is 11.3 Å². The second-order valence-corrected chi connectivity index (χ2v) is 4.94. The molecule has 0 saturated heterocycles. The quantitative estimate of drug-likeness (QED) is 0.757. The third kappa shape index (κ3) is 6.05. The Morgan fingerprint density at radius 3 is 2.32 bits per heavy atom. The van der Waals surface area contributed by atoms with Gasteiger partial charge in [-0.1, -0.05) is 12.1 Å². The van der Waals surface area contributed by atoms with Crippen molar-refractivity contribution in [1.82, 2.24) is 5.32 Å². The van der Waals surface area contributed by atoms with Gasteiger partial charge in [-0.05, 0) is 38.5 Å². The van der Waals surface area contributed by atoms with Crippen LogP contribution in [-0.2, 0) is 4.74 Å². The van der Waals surface area contributed by atoms with E-state index in [2.05, 4.69) is 12.2 Å². The van der Waals surface area contributed by atoms with Crippen molar-refractivity contribution in [3.05, 3.63) is 29.8 Å². The topological polar surface area (TPSA) is 50.7 Å². The van der Waals surface area contributed by atoms with Gasteiger partial charge in [0.1, 0.15) is 5.75 Å². The SMILES string of the molecule is COc1ccc(C(C)NCC(O)COC(C)C)cc1. The van der Waals surface area contributed by atoms with Crippen molar-refractivity contribution >= 4 is 0 Å². The molecule has 0 saturated carbocycles. The maximum absolute atomic E-state index is 9.77. The highest BCUT2D eigenvalue weighted by Gasteiger charge is 2.09. The van der Waals surface area contributed by atoms with Crippen molar-refractivity contribution in [2.24, 2.45) is 0 Å². The van der Waals surface area contributed by atoms with Crippen LogP contribution < -0.4 is 10.1 Å². The summed E-state index contributed by atoms with van der Waals surface area (Å²) in [7, 11) is 1.65. The van der Waals surface area contributed by atoms with E-state index in [1.54, 1.807) is 7.11 Å². The van der Waals surface area contributed by atoms with E-state index in [9.17, 15) is 5.11 Å². The molecule has 1 rings (SSSR count). The minimum atomic E-state index is -0.483. The number of hydrogen-bond acceptors (Lipinski definition) is 4. The van der Waals surface area contributed by atoms with Gasteiger partial charge in [-0.2, -0.15) is 0 Å². The van der Waals surface area contributed by atoms with Gasteiger partial charge in [-0.25, -0.2) is 0 Å². The number of methoxy groups -OCH3 is 1. The average molecular weight is 267 g/mol. The van der Waals surface area contributed by atoms with Crippen molar-refractivity contribution in [3.8, 4) is 5.75 Å². The first-order chi connectivity index (χ1) is 9.02. The van der Waals surface area contributed by atoms with Crippen LogP contribution in [0.25, 0.3) is 0 Å². The summed E-state index contributed by atoms with van der Waals surface area (Å²) in [5.41, 5.74) is 1.16. The number of aliphatic hydroxyl groups is 1. The summed E-state index contributed by atoms with van der Waals surface area (Å²) in [6.45, 7) is 6.86. The van der Waals surface area contributed by atoms with Crippen LogP contribution in [0.5, 0.6) is 5.75 Å². The van der Waals surface area contributed by atoms with Gasteiger partial charge in [-0.15, -0.1) is 0 Å². The van der Waals surface area contributed by atoms with Crippen LogP contribution in [0.15, 0.2) is 24.3 Å². The summed E-state index contributed by atoms with van der Waals surface area (Å²) in [4.78, 5) is 0. The van der Waals surface area contributed by atoms with Crippen LogP contribution in [0.3, 0.4) is 0 Å². The van der Waals surface area contributed by atoms with Gasteiger partial charge >= 0.3 is 0 Å². The second-order valence-electron chi connectivity index (χ2n) is 4.94. The summed E-state index contributed by atoms with van der Waals surface area (Å²) in [6, 6.07) is 8.10. The predicted octanol–water partition coefficient (Wildman–Crippen LogP) is 2.13. The molecule has 108 valence electrons. The third-order valence-corrected chi connectivity index (χ3v) is 2.90. The summed E-state index contributed by atoms with van der Waals surface area (Å²) < 4.78 is 10.5. The molecule has 0 spiro atoms. The van der Waals surface area contributed by atoms with Crippen LogP contribution >= 0.6 is 0 Å². The summed E-state index contributed by atoms with van der Waals surface area (Å²) in [5.74, 6) is 0.848. The Kier molecular flexibility index (Phi) is 6.84. The molecular weight excluding hydrogens is 242 g/mol. The van der Waals surface area contributed by atoms with Crippen LogP contribution in [0.4, 0.5) is 0 Å². The minimum absolute atomic E-state index is 0.147. The van der Waals surface area contributed by atoms with Gasteiger partial charge in [-0.3, -0.25) is 0 Å². The van der Waals surface area contributed by atoms with Crippen molar-refractivity contribution in [2.45, 2.75) is 39.0 Å². The molecule has 2 unspecified atom stereocenters. The summed E-state index contributed by atoms with van der Waals surface area (Å²) in [5, 5.41) is 13.1. The first-order valence-corrected chi connectivity index (χ1v) is 6.70. The third-order valence-electron chi connectivity index (χ3n) is 2.90. The Morgan fingerprint density at radius 1 is 1.16 bits per heavy atom. The lowest BCUT2D eigenvalue weighted by Crippen LogP contribution is -2.32. The van der Waals surface area contributed by atoms with Crippen LogP contribution in [0, 0.1) is 0 Å². The minimum Gasteiger partial charge on any atom is -0.497 e. The van der Waals surface area contributed by atoms with Crippen molar-refractivity contribution in [3.63, 3.8) is 0 Å². The number of hydrogen-bond donors (Lipinski definition) is 2. The first kappa shape index (κ1) is 16.0. The molecule has 0 fully saturated rings. The van der Waals surface area contributed by atoms with E-state index >= 15 is 0 Å².